The van der Waals surface area contributed by atoms with Crippen molar-refractivity contribution in [3.05, 3.63) is 35.4 Å². The van der Waals surface area contributed by atoms with E-state index in [1.807, 2.05) is 11.2 Å². The Bertz CT molecular complexity index is 2340. The first kappa shape index (κ1) is 73.1. The number of thioether (sulfide) groups is 2. The van der Waals surface area contributed by atoms with Gasteiger partial charge in [-0.05, 0) is 74.5 Å². The van der Waals surface area contributed by atoms with Gasteiger partial charge in [-0.3, -0.25) is 72.4 Å². The van der Waals surface area contributed by atoms with E-state index in [2.05, 4.69) is 21.3 Å². The first-order valence-electron chi connectivity index (χ1n) is 28.3. The number of nitrogens with one attached hydrogen (secondary N) is 5. The predicted octanol–water partition coefficient (Wildman–Crippen LogP) is -0.577. The van der Waals surface area contributed by atoms with E-state index in [1.54, 1.807) is 45.9 Å². The van der Waals surface area contributed by atoms with Gasteiger partial charge < -0.3 is 61.3 Å². The van der Waals surface area contributed by atoms with Crippen molar-refractivity contribution < 1.29 is 87.4 Å². The van der Waals surface area contributed by atoms with Crippen molar-refractivity contribution in [2.24, 2.45) is 5.92 Å². The third-order valence-electron chi connectivity index (χ3n) is 13.5. The molecule has 0 bridgehead atoms. The van der Waals surface area contributed by atoms with Gasteiger partial charge in [-0.25, -0.2) is 4.79 Å². The van der Waals surface area contributed by atoms with Crippen molar-refractivity contribution in [2.75, 3.05) is 155 Å². The molecule has 30 heteroatoms. The molecule has 2 aliphatic rings. The van der Waals surface area contributed by atoms with E-state index in [-0.39, 0.29) is 180 Å². The Morgan fingerprint density at radius 2 is 1.24 bits per heavy atom. The molecule has 0 aliphatic carbocycles. The second kappa shape index (κ2) is 41.8. The molecule has 2 heterocycles. The van der Waals surface area contributed by atoms with Gasteiger partial charge in [0.2, 0.25) is 29.5 Å². The van der Waals surface area contributed by atoms with Gasteiger partial charge in [0.1, 0.15) is 12.6 Å². The molecule has 476 valence electrons. The summed E-state index contributed by atoms with van der Waals surface area (Å²) >= 11 is 2.99. The number of carboxylic acids is 4. The maximum atomic E-state index is 13.4. The molecule has 0 saturated carbocycles. The first-order chi connectivity index (χ1) is 40.6. The normalized spacial score (nSPS) is 16.6. The minimum atomic E-state index is -1.27. The summed E-state index contributed by atoms with van der Waals surface area (Å²) in [6.07, 6.45) is 2.96. The number of hydrogen-bond donors (Lipinski definition) is 9. The molecule has 28 nitrogen and oxygen atoms in total. The van der Waals surface area contributed by atoms with Crippen LogP contribution in [0.25, 0.3) is 0 Å². The Labute approximate surface area is 504 Å². The summed E-state index contributed by atoms with van der Waals surface area (Å²) in [6, 6.07) is 4.27. The van der Waals surface area contributed by atoms with Crippen molar-refractivity contribution in [1.29, 1.82) is 5.41 Å². The van der Waals surface area contributed by atoms with Crippen LogP contribution in [0, 0.1) is 11.3 Å². The monoisotopic (exact) mass is 1240 g/mol. The van der Waals surface area contributed by atoms with Crippen molar-refractivity contribution in [1.82, 2.24) is 45.8 Å². The maximum absolute atomic E-state index is 13.4. The average Bonchev–Trinajstić information content (AvgIpc) is 3.89. The molecule has 1 unspecified atom stereocenters. The highest BCUT2D eigenvalue weighted by molar-refractivity contribution is 7.99. The first-order valence-corrected chi connectivity index (χ1v) is 30.9. The number of likely N-dealkylation sites (tertiary alicyclic amines) is 1. The van der Waals surface area contributed by atoms with Gasteiger partial charge >= 0.3 is 23.9 Å². The van der Waals surface area contributed by atoms with Crippen LogP contribution in [-0.4, -0.2) is 283 Å². The number of rotatable bonds is 42. The molecular weight excluding hydrogens is 1150 g/mol. The van der Waals surface area contributed by atoms with Gasteiger partial charge in [0.15, 0.2) is 5.78 Å². The third-order valence-corrected chi connectivity index (χ3v) is 15.3. The van der Waals surface area contributed by atoms with E-state index in [0.717, 1.165) is 0 Å². The number of hydrogen-bond acceptors (Lipinski definition) is 21. The van der Waals surface area contributed by atoms with Crippen LogP contribution in [0.2, 0.25) is 0 Å². The SMILES string of the molecule is CSCC[C@H](NC(=O)c1cccc(CNC(=O)COCCOCCOCCNC(=O)CN2CCN(CC(=O)O)CCN(CC(=O)O)CCN(CC(=O)O)CC2)c1)C(=O)CCC(=O)N[C@@H](CCCCN1C(=O)CC(CSCCC(C)=N)C1=O)C(=O)O. The van der Waals surface area contributed by atoms with E-state index >= 15 is 0 Å². The summed E-state index contributed by atoms with van der Waals surface area (Å²) in [5.41, 5.74) is 1.38. The van der Waals surface area contributed by atoms with Crippen LogP contribution in [0.1, 0.15) is 74.2 Å². The number of Topliss-reactive ketones (excluding diaryl/α,β-unsaturated/α-hetero) is 1. The minimum Gasteiger partial charge on any atom is -0.480 e. The topological polar surface area (TPSA) is 385 Å². The van der Waals surface area contributed by atoms with E-state index in [0.29, 0.717) is 60.9 Å². The number of carbonyl (C=O) groups is 11. The molecule has 2 aliphatic heterocycles. The van der Waals surface area contributed by atoms with Crippen LogP contribution in [0.5, 0.6) is 0 Å². The van der Waals surface area contributed by atoms with Gasteiger partial charge in [-0.15, -0.1) is 0 Å². The lowest BCUT2D eigenvalue weighted by molar-refractivity contribution is -0.142. The smallest absolute Gasteiger partial charge is 0.326 e. The van der Waals surface area contributed by atoms with Gasteiger partial charge in [0.25, 0.3) is 5.91 Å². The molecule has 2 saturated heterocycles. The van der Waals surface area contributed by atoms with Crippen LogP contribution in [-0.2, 0) is 68.7 Å². The summed E-state index contributed by atoms with van der Waals surface area (Å²) in [5.74, 6) is -6.00. The fourth-order valence-electron chi connectivity index (χ4n) is 8.90. The van der Waals surface area contributed by atoms with Crippen LogP contribution in [0.4, 0.5) is 0 Å². The molecule has 85 heavy (non-hydrogen) atoms. The second-order valence-corrected chi connectivity index (χ2v) is 22.6. The van der Waals surface area contributed by atoms with Crippen molar-refractivity contribution >= 4 is 94.3 Å². The van der Waals surface area contributed by atoms with Crippen LogP contribution < -0.4 is 21.3 Å². The van der Waals surface area contributed by atoms with E-state index in [1.165, 1.54) is 28.4 Å². The number of benzene rings is 1. The zero-order valence-electron chi connectivity index (χ0n) is 48.7. The average molecular weight is 1240 g/mol. The number of nitrogens with zero attached hydrogens (tertiary/aromatic N) is 5. The van der Waals surface area contributed by atoms with Crippen molar-refractivity contribution in [3.8, 4) is 0 Å². The van der Waals surface area contributed by atoms with Gasteiger partial charge in [0.05, 0.1) is 71.2 Å². The van der Waals surface area contributed by atoms with Crippen LogP contribution in [0.3, 0.4) is 0 Å². The lowest BCUT2D eigenvalue weighted by Crippen LogP contribution is -2.50. The summed E-state index contributed by atoms with van der Waals surface area (Å²) in [7, 11) is 0. The molecule has 3 atom stereocenters. The molecule has 1 aromatic rings. The molecule has 3 rings (SSSR count). The second-order valence-electron chi connectivity index (χ2n) is 20.5. The molecule has 0 radical (unpaired) electrons. The Morgan fingerprint density at radius 3 is 1.80 bits per heavy atom. The Hall–Kier alpha value is -6.12. The number of carboxylic acid groups (broad SMARTS) is 4. The maximum Gasteiger partial charge on any atom is 0.326 e. The zero-order valence-corrected chi connectivity index (χ0v) is 50.4. The molecule has 6 amide bonds. The quantitative estimate of drug-likeness (QED) is 0.0225. The minimum absolute atomic E-state index is 0.0295. The predicted molar refractivity (Wildman–Crippen MR) is 315 cm³/mol. The van der Waals surface area contributed by atoms with E-state index in [4.69, 9.17) is 19.6 Å². The fourth-order valence-corrected chi connectivity index (χ4v) is 10.5. The molecule has 2 fully saturated rings. The van der Waals surface area contributed by atoms with Crippen molar-refractivity contribution in [3.63, 3.8) is 0 Å². The van der Waals surface area contributed by atoms with Crippen LogP contribution >= 0.6 is 23.5 Å². The zero-order chi connectivity index (χ0) is 62.5. The number of ether oxygens (including phenoxy) is 3. The third kappa shape index (κ3) is 32.3. The largest absolute Gasteiger partial charge is 0.480 e. The summed E-state index contributed by atoms with van der Waals surface area (Å²) in [5, 5.41) is 56.3. The fraction of sp³-hybridized carbons (Fsp3) is 0.673. The lowest BCUT2D eigenvalue weighted by atomic mass is 10.0. The number of amides is 6. The lowest BCUT2D eigenvalue weighted by Gasteiger charge is -2.32. The number of aliphatic carboxylic acids is 4. The Morgan fingerprint density at radius 1 is 0.659 bits per heavy atom. The molecule has 0 spiro atoms. The standard InChI is InChI=1S/C55H86N10O18S2/c1-39(56)11-29-85-38-42-31-49(70)65(54(42)78)14-4-3-8-44(55(79)80)59-46(67)10-9-45(66)43(12-28-84-2)60-53(77)41-7-5-6-40(30-41)32-58-48(69)37-83-27-26-82-25-24-81-23-13-57-47(68)33-61-15-17-62(34-50(71)72)19-21-64(36-52(75)76)22-20-63(18-16-61)35-51(73)74/h5-7,30,42-44,56H,3-4,8-29,31-38H2,1-2H3,(H,57,68)(H,58,69)(H,59,67)(H,60,77)(H,71,72)(H,73,74)(H,75,76)(H,79,80)/t42?,43-,44-/m0/s1. The summed E-state index contributed by atoms with van der Waals surface area (Å²) in [6.45, 7) is 4.12. The number of carbonyl (C=O) groups excluding carboxylic acids is 7. The molecular formula is C55H86N10O18S2. The van der Waals surface area contributed by atoms with E-state index < -0.39 is 65.4 Å². The van der Waals surface area contributed by atoms with E-state index in [9.17, 15) is 73.2 Å². The highest BCUT2D eigenvalue weighted by atomic mass is 32.2. The molecule has 1 aromatic carbocycles. The number of imide groups is 1. The Balaban J connectivity index is 1.31. The summed E-state index contributed by atoms with van der Waals surface area (Å²) in [4.78, 5) is 145. The van der Waals surface area contributed by atoms with Crippen molar-refractivity contribution in [2.45, 2.75) is 76.9 Å². The van der Waals surface area contributed by atoms with Gasteiger partial charge in [0, 0.05) is 108 Å². The molecule has 9 N–H and O–H groups in total. The van der Waals surface area contributed by atoms with Gasteiger partial charge in [-0.2, -0.15) is 23.5 Å². The highest BCUT2D eigenvalue weighted by Crippen LogP contribution is 2.25. The number of unbranched alkanes of at least 4 members (excludes halogenated alkanes) is 1. The van der Waals surface area contributed by atoms with Gasteiger partial charge in [-0.1, -0.05) is 12.1 Å². The Kier molecular flexibility index (Phi) is 36.0. The number of ketones is 1. The van der Waals surface area contributed by atoms with Crippen LogP contribution in [0.15, 0.2) is 24.3 Å². The highest BCUT2D eigenvalue weighted by Gasteiger charge is 2.38. The summed E-state index contributed by atoms with van der Waals surface area (Å²) < 4.78 is 16.5. The molecule has 0 aromatic heterocycles.